The molecule has 0 aliphatic carbocycles. The van der Waals surface area contributed by atoms with Gasteiger partial charge in [0.05, 0.1) is 19.8 Å². The molecule has 0 aromatic rings. The maximum atomic E-state index is 9.27. The van der Waals surface area contributed by atoms with Gasteiger partial charge in [0.2, 0.25) is 0 Å². The maximum Gasteiger partial charge on any atom is 0.101 e. The molecule has 0 aliphatic heterocycles. The Hall–Kier alpha value is -0.380. The molecule has 0 aromatic carbocycles. The zero-order chi connectivity index (χ0) is 10.1. The Bertz CT molecular complexity index is 139. The number of ether oxygens (including phenoxy) is 2. The molecule has 0 bridgehead atoms. The van der Waals surface area contributed by atoms with Crippen LogP contribution in [0.4, 0.5) is 0 Å². The lowest BCUT2D eigenvalue weighted by Crippen LogP contribution is -2.21. The molecule has 0 spiro atoms. The van der Waals surface area contributed by atoms with Crippen LogP contribution < -0.4 is 0 Å². The van der Waals surface area contributed by atoms with E-state index >= 15 is 0 Å². The van der Waals surface area contributed by atoms with Gasteiger partial charge in [-0.3, -0.25) is 0 Å². The molecule has 13 heavy (non-hydrogen) atoms. The Balaban J connectivity index is 3.26. The third-order valence-electron chi connectivity index (χ3n) is 1.43. The minimum atomic E-state index is -0.509. The molecule has 0 saturated carbocycles. The fraction of sp³-hybridized carbons (Fsp3) is 0.800. The molecule has 1 unspecified atom stereocenters. The molecule has 3 heteroatoms. The summed E-state index contributed by atoms with van der Waals surface area (Å²) in [5, 5.41) is 9.27. The summed E-state index contributed by atoms with van der Waals surface area (Å²) in [5.41, 5.74) is 1.22. The summed E-state index contributed by atoms with van der Waals surface area (Å²) in [6.45, 7) is 7.81. The second-order valence-electron chi connectivity index (χ2n) is 3.13. The van der Waals surface area contributed by atoms with Crippen molar-refractivity contribution < 1.29 is 14.6 Å². The first-order chi connectivity index (χ1) is 6.16. The summed E-state index contributed by atoms with van der Waals surface area (Å²) >= 11 is 0. The van der Waals surface area contributed by atoms with Crippen molar-refractivity contribution in [2.75, 3.05) is 26.4 Å². The fourth-order valence-electron chi connectivity index (χ4n) is 0.732. The monoisotopic (exact) mass is 188 g/mol. The Morgan fingerprint density at radius 3 is 2.46 bits per heavy atom. The summed E-state index contributed by atoms with van der Waals surface area (Å²) in [6, 6.07) is 0. The van der Waals surface area contributed by atoms with Crippen LogP contribution in [0.3, 0.4) is 0 Å². The van der Waals surface area contributed by atoms with E-state index in [0.29, 0.717) is 26.4 Å². The van der Waals surface area contributed by atoms with Gasteiger partial charge in [-0.2, -0.15) is 0 Å². The molecule has 1 N–H and O–H groups in total. The van der Waals surface area contributed by atoms with Crippen molar-refractivity contribution in [3.63, 3.8) is 0 Å². The summed E-state index contributed by atoms with van der Waals surface area (Å²) in [4.78, 5) is 0. The second kappa shape index (κ2) is 8.23. The third kappa shape index (κ3) is 9.53. The molecular formula is C10H20O3. The number of rotatable bonds is 7. The average Bonchev–Trinajstić information content (AvgIpc) is 2.08. The molecule has 0 aromatic heterocycles. The van der Waals surface area contributed by atoms with Crippen LogP contribution in [0.5, 0.6) is 0 Å². The number of allylic oxidation sites excluding steroid dienone is 1. The van der Waals surface area contributed by atoms with Crippen molar-refractivity contribution >= 4 is 0 Å². The highest BCUT2D eigenvalue weighted by atomic mass is 16.5. The molecule has 0 amide bonds. The van der Waals surface area contributed by atoms with Gasteiger partial charge in [0, 0.05) is 6.61 Å². The molecule has 3 nitrogen and oxygen atoms in total. The number of aliphatic hydroxyl groups excluding tert-OH is 1. The Kier molecular flexibility index (Phi) is 7.99. The smallest absolute Gasteiger partial charge is 0.101 e. The third-order valence-corrected chi connectivity index (χ3v) is 1.43. The normalized spacial score (nSPS) is 12.6. The summed E-state index contributed by atoms with van der Waals surface area (Å²) in [5.74, 6) is 0. The molecule has 0 heterocycles. The fourth-order valence-corrected chi connectivity index (χ4v) is 0.732. The summed E-state index contributed by atoms with van der Waals surface area (Å²) < 4.78 is 10.2. The van der Waals surface area contributed by atoms with E-state index in [1.165, 1.54) is 5.57 Å². The molecule has 78 valence electrons. The van der Waals surface area contributed by atoms with E-state index in [-0.39, 0.29) is 0 Å². The lowest BCUT2D eigenvalue weighted by atomic mass is 10.3. The van der Waals surface area contributed by atoms with Crippen LogP contribution in [0.2, 0.25) is 0 Å². The zero-order valence-corrected chi connectivity index (χ0v) is 8.75. The van der Waals surface area contributed by atoms with Gasteiger partial charge in [0.15, 0.2) is 0 Å². The van der Waals surface area contributed by atoms with E-state index < -0.39 is 6.10 Å². The predicted octanol–water partition coefficient (Wildman–Crippen LogP) is 1.37. The lowest BCUT2D eigenvalue weighted by molar-refractivity contribution is -0.0100. The van der Waals surface area contributed by atoms with Crippen molar-refractivity contribution in [2.45, 2.75) is 26.9 Å². The summed E-state index contributed by atoms with van der Waals surface area (Å²) in [6.07, 6.45) is 1.47. The first-order valence-electron chi connectivity index (χ1n) is 4.63. The largest absolute Gasteiger partial charge is 0.388 e. The van der Waals surface area contributed by atoms with Crippen LogP contribution in [-0.2, 0) is 9.47 Å². The van der Waals surface area contributed by atoms with Crippen LogP contribution in [0.1, 0.15) is 20.8 Å². The van der Waals surface area contributed by atoms with Gasteiger partial charge in [-0.1, -0.05) is 11.6 Å². The lowest BCUT2D eigenvalue weighted by Gasteiger charge is -2.09. The highest BCUT2D eigenvalue weighted by molar-refractivity contribution is 4.92. The van der Waals surface area contributed by atoms with Crippen molar-refractivity contribution in [2.24, 2.45) is 0 Å². The van der Waals surface area contributed by atoms with E-state index in [0.717, 1.165) is 0 Å². The predicted molar refractivity (Wildman–Crippen MR) is 52.7 cm³/mol. The van der Waals surface area contributed by atoms with E-state index in [9.17, 15) is 5.11 Å². The van der Waals surface area contributed by atoms with Gasteiger partial charge in [0.1, 0.15) is 6.10 Å². The van der Waals surface area contributed by atoms with E-state index in [1.807, 2.05) is 26.8 Å². The first-order valence-corrected chi connectivity index (χ1v) is 4.63. The number of hydrogen-bond acceptors (Lipinski definition) is 3. The van der Waals surface area contributed by atoms with Crippen LogP contribution in [0.15, 0.2) is 11.6 Å². The molecule has 0 radical (unpaired) electrons. The average molecular weight is 188 g/mol. The van der Waals surface area contributed by atoms with Crippen LogP contribution in [0, 0.1) is 0 Å². The maximum absolute atomic E-state index is 9.27. The van der Waals surface area contributed by atoms with Gasteiger partial charge in [-0.15, -0.1) is 0 Å². The van der Waals surface area contributed by atoms with Crippen molar-refractivity contribution in [3.8, 4) is 0 Å². The Morgan fingerprint density at radius 2 is 1.92 bits per heavy atom. The standard InChI is InChI=1S/C10H20O3/c1-4-12-7-10(11)8-13-6-5-9(2)3/h5,10-11H,4,6-8H2,1-3H3. The van der Waals surface area contributed by atoms with Crippen LogP contribution in [0.25, 0.3) is 0 Å². The van der Waals surface area contributed by atoms with Crippen molar-refractivity contribution in [3.05, 3.63) is 11.6 Å². The minimum Gasteiger partial charge on any atom is -0.388 e. The van der Waals surface area contributed by atoms with Crippen molar-refractivity contribution in [1.82, 2.24) is 0 Å². The minimum absolute atomic E-state index is 0.337. The second-order valence-corrected chi connectivity index (χ2v) is 3.13. The van der Waals surface area contributed by atoms with E-state index in [2.05, 4.69) is 0 Å². The molecule has 0 saturated heterocycles. The number of hydrogen-bond donors (Lipinski definition) is 1. The van der Waals surface area contributed by atoms with Gasteiger partial charge in [-0.05, 0) is 20.8 Å². The van der Waals surface area contributed by atoms with E-state index in [1.54, 1.807) is 0 Å². The van der Waals surface area contributed by atoms with Crippen molar-refractivity contribution in [1.29, 1.82) is 0 Å². The quantitative estimate of drug-likeness (QED) is 0.484. The molecule has 0 fully saturated rings. The molecule has 0 aliphatic rings. The Labute approximate surface area is 80.4 Å². The van der Waals surface area contributed by atoms with Crippen LogP contribution in [-0.4, -0.2) is 37.6 Å². The topological polar surface area (TPSA) is 38.7 Å². The SMILES string of the molecule is CCOCC(O)COCC=C(C)C. The van der Waals surface area contributed by atoms with Gasteiger partial charge in [0.25, 0.3) is 0 Å². The highest BCUT2D eigenvalue weighted by Gasteiger charge is 2.02. The molecule has 1 atom stereocenters. The summed E-state index contributed by atoms with van der Waals surface area (Å²) in [7, 11) is 0. The van der Waals surface area contributed by atoms with Gasteiger partial charge >= 0.3 is 0 Å². The van der Waals surface area contributed by atoms with Gasteiger partial charge < -0.3 is 14.6 Å². The van der Waals surface area contributed by atoms with Gasteiger partial charge in [-0.25, -0.2) is 0 Å². The zero-order valence-electron chi connectivity index (χ0n) is 8.75. The number of aliphatic hydroxyl groups is 1. The molecule has 0 rings (SSSR count). The first kappa shape index (κ1) is 12.6. The highest BCUT2D eigenvalue weighted by Crippen LogP contribution is 1.91. The Morgan fingerprint density at radius 1 is 1.31 bits per heavy atom. The van der Waals surface area contributed by atoms with Crippen LogP contribution >= 0.6 is 0 Å². The molecular weight excluding hydrogens is 168 g/mol. The van der Waals surface area contributed by atoms with E-state index in [4.69, 9.17) is 9.47 Å².